The van der Waals surface area contributed by atoms with E-state index >= 15 is 0 Å². The van der Waals surface area contributed by atoms with E-state index in [0.29, 0.717) is 12.5 Å². The van der Waals surface area contributed by atoms with E-state index in [0.717, 1.165) is 29.4 Å². The number of quaternary nitrogens is 1. The van der Waals surface area contributed by atoms with Gasteiger partial charge in [0, 0.05) is 17.4 Å². The third-order valence-corrected chi connectivity index (χ3v) is 10.6. The SMILES string of the molecule is C[C@@H]1C[N@@+]2(Cc3ccccc3)C[C@](OCc3ccccc3)(c3cccc4ccccc34)[C@H]3CC[C@@H]1[C@]32C.[Br-]. The topological polar surface area (TPSA) is 9.23 Å². The summed E-state index contributed by atoms with van der Waals surface area (Å²) in [6.45, 7) is 9.20. The summed E-state index contributed by atoms with van der Waals surface area (Å²) >= 11 is 0. The van der Waals surface area contributed by atoms with Crippen LogP contribution in [0.15, 0.2) is 103 Å². The molecule has 0 radical (unpaired) electrons. The first kappa shape index (κ1) is 25.8. The number of ether oxygens (including phenoxy) is 1. The molecule has 0 aromatic heterocycles. The largest absolute Gasteiger partial charge is 1.00 e. The van der Waals surface area contributed by atoms with E-state index in [1.54, 1.807) is 0 Å². The van der Waals surface area contributed by atoms with Gasteiger partial charge in [0.15, 0.2) is 5.60 Å². The molecule has 4 aromatic rings. The highest BCUT2D eigenvalue weighted by Gasteiger charge is 2.78. The molecule has 3 heteroatoms. The molecule has 0 amide bonds. The van der Waals surface area contributed by atoms with Crippen LogP contribution in [0.4, 0.5) is 0 Å². The Hall–Kier alpha value is -2.46. The van der Waals surface area contributed by atoms with Crippen molar-refractivity contribution in [3.63, 3.8) is 0 Å². The molecule has 6 atom stereocenters. The maximum atomic E-state index is 7.38. The lowest BCUT2D eigenvalue weighted by Gasteiger charge is -2.43. The standard InChI is InChI=1S/C35H38NO.BrH/c1-26-22-36(23-27-12-5-3-6-13-27)25-35(33-21-20-31(26)34(33,36)2,37-24-28-14-7-4-8-15-28)32-19-11-17-29-16-9-10-18-30(29)32;/h3-19,26,31,33H,20-25H2,1-2H3;1H/q+1;/p-1/t26-,31+,33+,34-,35+,36-;/m1./s1. The van der Waals surface area contributed by atoms with Crippen molar-refractivity contribution in [2.24, 2.45) is 17.8 Å². The van der Waals surface area contributed by atoms with Crippen LogP contribution in [-0.4, -0.2) is 23.1 Å². The van der Waals surface area contributed by atoms with Crippen molar-refractivity contribution in [3.05, 3.63) is 120 Å². The van der Waals surface area contributed by atoms with Crippen molar-refractivity contribution in [1.82, 2.24) is 0 Å². The van der Waals surface area contributed by atoms with Gasteiger partial charge in [0.25, 0.3) is 0 Å². The zero-order valence-electron chi connectivity index (χ0n) is 22.5. The van der Waals surface area contributed by atoms with E-state index in [1.165, 1.54) is 46.8 Å². The number of hydrogen-bond acceptors (Lipinski definition) is 1. The summed E-state index contributed by atoms with van der Waals surface area (Å²) in [5.41, 5.74) is 4.02. The quantitative estimate of drug-likeness (QED) is 0.306. The lowest BCUT2D eigenvalue weighted by atomic mass is 9.72. The molecule has 2 heterocycles. The van der Waals surface area contributed by atoms with E-state index in [2.05, 4.69) is 117 Å². The molecule has 0 N–H and O–H groups in total. The molecule has 1 aliphatic carbocycles. The van der Waals surface area contributed by atoms with Gasteiger partial charge in [0.05, 0.1) is 19.1 Å². The van der Waals surface area contributed by atoms with Gasteiger partial charge < -0.3 is 26.2 Å². The van der Waals surface area contributed by atoms with E-state index in [-0.39, 0.29) is 28.1 Å². The maximum Gasteiger partial charge on any atom is 0.151 e. The number of halogens is 1. The summed E-state index contributed by atoms with van der Waals surface area (Å²) in [6, 6.07) is 37.9. The number of benzene rings is 4. The van der Waals surface area contributed by atoms with Gasteiger partial charge in [-0.05, 0) is 41.7 Å². The lowest BCUT2D eigenvalue weighted by Crippen LogP contribution is -3.00. The summed E-state index contributed by atoms with van der Waals surface area (Å²) in [7, 11) is 0. The minimum atomic E-state index is -0.310. The molecule has 4 aromatic carbocycles. The third kappa shape index (κ3) is 3.66. The van der Waals surface area contributed by atoms with Gasteiger partial charge in [-0.1, -0.05) is 110 Å². The van der Waals surface area contributed by atoms with Crippen molar-refractivity contribution in [2.75, 3.05) is 13.1 Å². The van der Waals surface area contributed by atoms with Crippen molar-refractivity contribution >= 4 is 10.8 Å². The highest BCUT2D eigenvalue weighted by Crippen LogP contribution is 2.68. The van der Waals surface area contributed by atoms with Crippen LogP contribution in [0.1, 0.15) is 43.4 Å². The lowest BCUT2D eigenvalue weighted by molar-refractivity contribution is -0.968. The Morgan fingerprint density at radius 2 is 1.45 bits per heavy atom. The Labute approximate surface area is 238 Å². The van der Waals surface area contributed by atoms with Crippen LogP contribution in [0.2, 0.25) is 0 Å². The third-order valence-electron chi connectivity index (χ3n) is 10.6. The minimum absolute atomic E-state index is 0. The molecule has 2 nitrogen and oxygen atoms in total. The van der Waals surface area contributed by atoms with Gasteiger partial charge in [-0.15, -0.1) is 0 Å². The molecule has 1 saturated carbocycles. The molecule has 2 aliphatic heterocycles. The van der Waals surface area contributed by atoms with Crippen LogP contribution >= 0.6 is 0 Å². The average molecular weight is 569 g/mol. The Morgan fingerprint density at radius 3 is 2.21 bits per heavy atom. The molecule has 7 rings (SSSR count). The second kappa shape index (κ2) is 9.62. The zero-order valence-corrected chi connectivity index (χ0v) is 24.1. The summed E-state index contributed by atoms with van der Waals surface area (Å²) in [5, 5.41) is 2.68. The minimum Gasteiger partial charge on any atom is -1.00 e. The van der Waals surface area contributed by atoms with Gasteiger partial charge in [-0.2, -0.15) is 0 Å². The monoisotopic (exact) mass is 567 g/mol. The van der Waals surface area contributed by atoms with Crippen molar-refractivity contribution < 1.29 is 26.2 Å². The number of nitrogens with zero attached hydrogens (tertiary/aromatic N) is 1. The highest BCUT2D eigenvalue weighted by molar-refractivity contribution is 5.86. The molecule has 0 unspecified atom stereocenters. The van der Waals surface area contributed by atoms with Crippen molar-refractivity contribution in [2.45, 2.75) is 51.0 Å². The Kier molecular flexibility index (Phi) is 6.53. The fraction of sp³-hybridized carbons (Fsp3) is 0.371. The first-order chi connectivity index (χ1) is 18.1. The first-order valence-electron chi connectivity index (χ1n) is 14.1. The van der Waals surface area contributed by atoms with Crippen LogP contribution < -0.4 is 17.0 Å². The predicted molar refractivity (Wildman–Crippen MR) is 151 cm³/mol. The summed E-state index contributed by atoms with van der Waals surface area (Å²) in [6.07, 6.45) is 2.57. The normalized spacial score (nSPS) is 33.3. The molecule has 3 fully saturated rings. The molecule has 0 spiro atoms. The van der Waals surface area contributed by atoms with Gasteiger partial charge in [0.1, 0.15) is 18.6 Å². The second-order valence-corrected chi connectivity index (χ2v) is 12.3. The average Bonchev–Trinajstić information content (AvgIpc) is 3.48. The van der Waals surface area contributed by atoms with Crippen molar-refractivity contribution in [3.8, 4) is 0 Å². The number of fused-ring (bicyclic) bond motifs is 1. The van der Waals surface area contributed by atoms with E-state index < -0.39 is 0 Å². The number of hydrogen-bond donors (Lipinski definition) is 0. The summed E-state index contributed by atoms with van der Waals surface area (Å²) in [4.78, 5) is 0. The highest BCUT2D eigenvalue weighted by atomic mass is 79.9. The molecule has 2 saturated heterocycles. The van der Waals surface area contributed by atoms with E-state index in [4.69, 9.17) is 4.74 Å². The van der Waals surface area contributed by atoms with E-state index in [9.17, 15) is 0 Å². The van der Waals surface area contributed by atoms with Gasteiger partial charge in [-0.3, -0.25) is 0 Å². The molecule has 0 bridgehead atoms. The fourth-order valence-corrected chi connectivity index (χ4v) is 9.21. The molecular formula is C35H38BrNO. The Morgan fingerprint density at radius 1 is 0.789 bits per heavy atom. The summed E-state index contributed by atoms with van der Waals surface area (Å²) < 4.78 is 8.53. The van der Waals surface area contributed by atoms with Gasteiger partial charge >= 0.3 is 0 Å². The summed E-state index contributed by atoms with van der Waals surface area (Å²) in [5.74, 6) is 1.99. The Bertz CT molecular complexity index is 1420. The first-order valence-corrected chi connectivity index (χ1v) is 14.1. The maximum absolute atomic E-state index is 7.38. The molecular weight excluding hydrogens is 530 g/mol. The predicted octanol–water partition coefficient (Wildman–Crippen LogP) is 4.72. The van der Waals surface area contributed by atoms with Crippen molar-refractivity contribution in [1.29, 1.82) is 0 Å². The number of rotatable bonds is 6. The molecule has 3 aliphatic rings. The van der Waals surface area contributed by atoms with E-state index in [1.807, 2.05) is 0 Å². The van der Waals surface area contributed by atoms with Crippen LogP contribution in [0.5, 0.6) is 0 Å². The van der Waals surface area contributed by atoms with Crippen LogP contribution in [0.25, 0.3) is 10.8 Å². The van der Waals surface area contributed by atoms with Gasteiger partial charge in [-0.25, -0.2) is 0 Å². The molecule has 38 heavy (non-hydrogen) atoms. The Balaban J connectivity index is 0.00000264. The smallest absolute Gasteiger partial charge is 0.151 e. The van der Waals surface area contributed by atoms with Crippen LogP contribution in [-0.2, 0) is 23.5 Å². The van der Waals surface area contributed by atoms with Gasteiger partial charge in [0.2, 0.25) is 0 Å². The zero-order chi connectivity index (χ0) is 25.1. The second-order valence-electron chi connectivity index (χ2n) is 12.3. The van der Waals surface area contributed by atoms with Crippen LogP contribution in [0, 0.1) is 17.8 Å². The molecule has 196 valence electrons. The van der Waals surface area contributed by atoms with Crippen LogP contribution in [0.3, 0.4) is 0 Å². The fourth-order valence-electron chi connectivity index (χ4n) is 9.21.